The Labute approximate surface area is 118 Å². The van der Waals surface area contributed by atoms with Crippen molar-refractivity contribution in [2.45, 2.75) is 13.3 Å². The van der Waals surface area contributed by atoms with Crippen molar-refractivity contribution in [1.82, 2.24) is 4.98 Å². The molecule has 0 saturated heterocycles. The number of rotatable bonds is 4. The smallest absolute Gasteiger partial charge is 0.254 e. The topological polar surface area (TPSA) is 37.3 Å². The van der Waals surface area contributed by atoms with Crippen LogP contribution in [-0.4, -0.2) is 11.2 Å². The van der Waals surface area contributed by atoms with E-state index in [2.05, 4.69) is 10.1 Å². The van der Waals surface area contributed by atoms with Crippen LogP contribution in [0, 0.1) is 23.5 Å². The van der Waals surface area contributed by atoms with Crippen LogP contribution in [0.3, 0.4) is 0 Å². The molecule has 0 bridgehead atoms. The molecule has 0 radical (unpaired) electrons. The molecule has 1 aromatic heterocycles. The van der Waals surface area contributed by atoms with Crippen molar-refractivity contribution in [3.63, 3.8) is 0 Å². The number of nitrogens with one attached hydrogen (secondary N) is 1. The van der Waals surface area contributed by atoms with E-state index >= 15 is 0 Å². The molecule has 2 aromatic rings. The lowest BCUT2D eigenvalue weighted by Crippen LogP contribution is -2.05. The molecule has 1 N–H and O–H groups in total. The van der Waals surface area contributed by atoms with Crippen molar-refractivity contribution in [1.29, 1.82) is 0 Å². The summed E-state index contributed by atoms with van der Waals surface area (Å²) in [5, 5.41) is 3.56. The fourth-order valence-electron chi connectivity index (χ4n) is 1.60. The Morgan fingerprint density at radius 2 is 1.62 bits per heavy atom. The fourth-order valence-corrected chi connectivity index (χ4v) is 1.60. The minimum Gasteiger partial charge on any atom is -0.272 e. The normalized spacial score (nSPS) is 11.1. The van der Waals surface area contributed by atoms with Crippen LogP contribution in [0.15, 0.2) is 29.4 Å². The number of anilines is 1. The summed E-state index contributed by atoms with van der Waals surface area (Å²) < 4.78 is 52.3. The first-order chi connectivity index (χ1) is 10.0. The van der Waals surface area contributed by atoms with Gasteiger partial charge in [-0.1, -0.05) is 31.2 Å². The first-order valence-electron chi connectivity index (χ1n) is 6.11. The summed E-state index contributed by atoms with van der Waals surface area (Å²) in [6.45, 7) is 2.00. The molecule has 0 unspecified atom stereocenters. The number of hydrogen-bond donors (Lipinski definition) is 1. The molecule has 2 rings (SSSR count). The van der Waals surface area contributed by atoms with Gasteiger partial charge in [0.15, 0.2) is 0 Å². The molecule has 21 heavy (non-hydrogen) atoms. The van der Waals surface area contributed by atoms with Crippen molar-refractivity contribution < 1.29 is 17.6 Å². The summed E-state index contributed by atoms with van der Waals surface area (Å²) >= 11 is 0. The minimum atomic E-state index is -1.74. The van der Waals surface area contributed by atoms with Gasteiger partial charge in [0, 0.05) is 0 Å². The molecule has 0 aliphatic rings. The average molecular weight is 297 g/mol. The predicted molar refractivity (Wildman–Crippen MR) is 71.1 cm³/mol. The number of nitrogens with zero attached hydrogens (tertiary/aromatic N) is 2. The van der Waals surface area contributed by atoms with E-state index in [1.54, 1.807) is 12.1 Å². The van der Waals surface area contributed by atoms with Crippen molar-refractivity contribution in [3.05, 3.63) is 58.9 Å². The molecule has 7 heteroatoms. The van der Waals surface area contributed by atoms with E-state index in [-0.39, 0.29) is 0 Å². The Hall–Kier alpha value is -2.44. The van der Waals surface area contributed by atoms with E-state index in [4.69, 9.17) is 0 Å². The maximum atomic E-state index is 13.3. The van der Waals surface area contributed by atoms with Gasteiger partial charge in [0.05, 0.1) is 6.21 Å². The predicted octanol–water partition coefficient (Wildman–Crippen LogP) is 3.65. The van der Waals surface area contributed by atoms with Gasteiger partial charge in [-0.2, -0.15) is 27.6 Å². The van der Waals surface area contributed by atoms with Gasteiger partial charge >= 0.3 is 0 Å². The first kappa shape index (κ1) is 15.0. The number of pyridine rings is 1. The molecule has 3 nitrogen and oxygen atoms in total. The quantitative estimate of drug-likeness (QED) is 0.405. The van der Waals surface area contributed by atoms with Crippen molar-refractivity contribution in [2.75, 3.05) is 5.43 Å². The van der Waals surface area contributed by atoms with E-state index < -0.39 is 29.2 Å². The van der Waals surface area contributed by atoms with Crippen molar-refractivity contribution >= 4 is 11.9 Å². The third kappa shape index (κ3) is 3.36. The maximum Gasteiger partial charge on any atom is 0.254 e. The highest BCUT2D eigenvalue weighted by Gasteiger charge is 2.20. The zero-order valence-electron chi connectivity index (χ0n) is 11.0. The summed E-state index contributed by atoms with van der Waals surface area (Å²) in [4.78, 5) is 2.44. The average Bonchev–Trinajstić information content (AvgIpc) is 2.49. The lowest BCUT2D eigenvalue weighted by molar-refractivity contribution is 0.411. The number of hydrazone groups is 1. The molecule has 0 amide bonds. The molecule has 0 aliphatic heterocycles. The fraction of sp³-hybridized carbons (Fsp3) is 0.143. The standard InChI is InChI=1S/C14H11F4N3/c1-2-8-3-5-9(6-4-8)7-19-21-12-10(15)13(17)20-14(18)11(12)16/h3-7H,2H2,1H3,(H,20,21)/b19-7-. The SMILES string of the molecule is CCc1ccc(/C=N\Nc2c(F)c(F)nc(F)c2F)cc1. The monoisotopic (exact) mass is 297 g/mol. The molecular formula is C14H11F4N3. The Bertz CT molecular complexity index is 643. The van der Waals surface area contributed by atoms with E-state index in [0.29, 0.717) is 5.56 Å². The van der Waals surface area contributed by atoms with E-state index in [9.17, 15) is 17.6 Å². The third-order valence-corrected chi connectivity index (χ3v) is 2.78. The van der Waals surface area contributed by atoms with Crippen LogP contribution in [-0.2, 0) is 6.42 Å². The van der Waals surface area contributed by atoms with Crippen molar-refractivity contribution in [3.8, 4) is 0 Å². The third-order valence-electron chi connectivity index (χ3n) is 2.78. The number of benzene rings is 1. The summed E-state index contributed by atoms with van der Waals surface area (Å²) in [6, 6.07) is 7.25. The highest BCUT2D eigenvalue weighted by atomic mass is 19.2. The molecule has 0 saturated carbocycles. The van der Waals surface area contributed by atoms with Gasteiger partial charge in [-0.25, -0.2) is 0 Å². The molecule has 0 aliphatic carbocycles. The second kappa shape index (κ2) is 6.34. The van der Waals surface area contributed by atoms with Gasteiger partial charge in [0.2, 0.25) is 11.6 Å². The number of aryl methyl sites for hydroxylation is 1. The molecule has 1 heterocycles. The summed E-state index contributed by atoms with van der Waals surface area (Å²) in [5.41, 5.74) is 2.70. The van der Waals surface area contributed by atoms with Gasteiger partial charge < -0.3 is 0 Å². The van der Waals surface area contributed by atoms with E-state index in [0.717, 1.165) is 12.0 Å². The van der Waals surface area contributed by atoms with Crippen LogP contribution in [0.25, 0.3) is 0 Å². The van der Waals surface area contributed by atoms with Gasteiger partial charge in [-0.05, 0) is 17.5 Å². The van der Waals surface area contributed by atoms with Crippen LogP contribution in [0.4, 0.5) is 23.2 Å². The summed E-state index contributed by atoms with van der Waals surface area (Å²) in [6.07, 6.45) is 2.15. The lowest BCUT2D eigenvalue weighted by Gasteiger charge is -2.04. The second-order valence-electron chi connectivity index (χ2n) is 4.16. The van der Waals surface area contributed by atoms with Crippen LogP contribution in [0.1, 0.15) is 18.1 Å². The van der Waals surface area contributed by atoms with Crippen molar-refractivity contribution in [2.24, 2.45) is 5.10 Å². The van der Waals surface area contributed by atoms with Crippen LogP contribution >= 0.6 is 0 Å². The van der Waals surface area contributed by atoms with Crippen LogP contribution in [0.5, 0.6) is 0 Å². The molecule has 0 atom stereocenters. The second-order valence-corrected chi connectivity index (χ2v) is 4.16. The zero-order chi connectivity index (χ0) is 15.4. The maximum absolute atomic E-state index is 13.3. The number of halogens is 4. The Kier molecular flexibility index (Phi) is 4.52. The van der Waals surface area contributed by atoms with Gasteiger partial charge in [-0.15, -0.1) is 0 Å². The molecule has 0 spiro atoms. The van der Waals surface area contributed by atoms with E-state index in [1.807, 2.05) is 24.5 Å². The number of aromatic nitrogens is 1. The lowest BCUT2D eigenvalue weighted by atomic mass is 10.1. The van der Waals surface area contributed by atoms with Gasteiger partial charge in [0.1, 0.15) is 5.69 Å². The molecule has 0 fully saturated rings. The molecular weight excluding hydrogens is 286 g/mol. The molecule has 110 valence electrons. The zero-order valence-corrected chi connectivity index (χ0v) is 11.0. The summed E-state index contributed by atoms with van der Waals surface area (Å²) in [5.74, 6) is -6.74. The van der Waals surface area contributed by atoms with Crippen LogP contribution in [0.2, 0.25) is 0 Å². The molecule has 1 aromatic carbocycles. The highest BCUT2D eigenvalue weighted by molar-refractivity contribution is 5.80. The Morgan fingerprint density at radius 3 is 2.14 bits per heavy atom. The Balaban J connectivity index is 2.17. The minimum absolute atomic E-state index is 0.663. The van der Waals surface area contributed by atoms with E-state index in [1.165, 1.54) is 6.21 Å². The summed E-state index contributed by atoms with van der Waals surface area (Å²) in [7, 11) is 0. The highest BCUT2D eigenvalue weighted by Crippen LogP contribution is 2.21. The van der Waals surface area contributed by atoms with Gasteiger partial charge in [0.25, 0.3) is 11.9 Å². The van der Waals surface area contributed by atoms with Gasteiger partial charge in [-0.3, -0.25) is 5.43 Å². The first-order valence-corrected chi connectivity index (χ1v) is 6.11. The number of hydrogen-bond acceptors (Lipinski definition) is 3. The van der Waals surface area contributed by atoms with Crippen LogP contribution < -0.4 is 5.43 Å². The Morgan fingerprint density at radius 1 is 1.05 bits per heavy atom. The largest absolute Gasteiger partial charge is 0.272 e.